The van der Waals surface area contributed by atoms with E-state index in [9.17, 15) is 20.1 Å². The number of carbonyl (C=O) groups is 1. The Labute approximate surface area is 188 Å². The van der Waals surface area contributed by atoms with Crippen molar-refractivity contribution in [1.82, 2.24) is 0 Å². The van der Waals surface area contributed by atoms with E-state index in [0.29, 0.717) is 11.3 Å². The summed E-state index contributed by atoms with van der Waals surface area (Å²) >= 11 is 0. The Balaban J connectivity index is 0.00000312. The second kappa shape index (κ2) is 10.0. The number of hydrogen-bond donors (Lipinski definition) is 3. The van der Waals surface area contributed by atoms with Crippen molar-refractivity contribution in [1.29, 1.82) is 0 Å². The number of aromatic hydroxyl groups is 3. The van der Waals surface area contributed by atoms with Crippen LogP contribution in [0.25, 0.3) is 0 Å². The number of hydrogen-bond acceptors (Lipinski definition) is 6. The molecular weight excluding hydrogens is 351 g/mol. The van der Waals surface area contributed by atoms with E-state index >= 15 is 0 Å². The van der Waals surface area contributed by atoms with Gasteiger partial charge in [-0.1, -0.05) is 0 Å². The molecule has 0 aliphatic carbocycles. The van der Waals surface area contributed by atoms with E-state index in [-0.39, 0.29) is 105 Å². The monoisotopic (exact) mass is 371 g/mol. The van der Waals surface area contributed by atoms with Gasteiger partial charge < -0.3 is 24.8 Å². The molecule has 0 bridgehead atoms. The first kappa shape index (κ1) is 21.8. The van der Waals surface area contributed by atoms with Crippen LogP contribution in [0.2, 0.25) is 0 Å². The third-order valence-electron chi connectivity index (χ3n) is 3.55. The molecule has 7 heteroatoms. The predicted molar refractivity (Wildman–Crippen MR) is 95.1 cm³/mol. The second-order valence-corrected chi connectivity index (χ2v) is 5.10. The van der Waals surface area contributed by atoms with Gasteiger partial charge in [0.05, 0.1) is 13.7 Å². The molecule has 1 radical (unpaired) electrons. The molecule has 2 aromatic carbocycles. The summed E-state index contributed by atoms with van der Waals surface area (Å²) in [5.74, 6) is -0.0702. The van der Waals surface area contributed by atoms with E-state index in [1.807, 2.05) is 0 Å². The van der Waals surface area contributed by atoms with Crippen LogP contribution in [-0.2, 0) is 6.42 Å². The van der Waals surface area contributed by atoms with E-state index in [1.54, 1.807) is 6.07 Å². The van der Waals surface area contributed by atoms with Gasteiger partial charge in [-0.25, -0.2) is 0 Å². The van der Waals surface area contributed by atoms with Crippen LogP contribution >= 0.6 is 0 Å². The molecule has 0 fully saturated rings. The van der Waals surface area contributed by atoms with E-state index in [1.165, 1.54) is 31.4 Å². The minimum atomic E-state index is -0.232. The van der Waals surface area contributed by atoms with Gasteiger partial charge >= 0.3 is 51.4 Å². The molecule has 0 heterocycles. The molecule has 0 saturated heterocycles. The van der Waals surface area contributed by atoms with Crippen molar-refractivity contribution in [2.75, 3.05) is 13.7 Å². The number of rotatable bonds is 7. The Kier molecular flexibility index (Phi) is 8.74. The zero-order valence-electron chi connectivity index (χ0n) is 13.3. The van der Waals surface area contributed by atoms with Gasteiger partial charge in [-0.3, -0.25) is 4.79 Å². The summed E-state index contributed by atoms with van der Waals surface area (Å²) in [6, 6.07) is 7.11. The average Bonchev–Trinajstić information content (AvgIpc) is 2.54. The Hall–Kier alpha value is -1.25. The van der Waals surface area contributed by atoms with Crippen LogP contribution in [0.4, 0.5) is 0 Å². The van der Waals surface area contributed by atoms with Crippen LogP contribution < -0.4 is 9.47 Å². The zero-order valence-corrected chi connectivity index (χ0v) is 13.3. The van der Waals surface area contributed by atoms with Crippen molar-refractivity contribution in [2.45, 2.75) is 12.8 Å². The van der Waals surface area contributed by atoms with Gasteiger partial charge in [0.25, 0.3) is 0 Å². The van der Waals surface area contributed by atoms with E-state index in [2.05, 4.69) is 6.92 Å². The molecule has 0 spiro atoms. The first-order chi connectivity index (χ1) is 11.5. The molecule has 129 valence electrons. The van der Waals surface area contributed by atoms with Gasteiger partial charge in [0.2, 0.25) is 0 Å². The molecule has 0 aliphatic heterocycles. The zero-order chi connectivity index (χ0) is 17.7. The number of Topliss-reactive ketones (excluding diaryl/α,β-unsaturated/α-hetero) is 1. The topological polar surface area (TPSA) is 96.2 Å². The van der Waals surface area contributed by atoms with Crippen molar-refractivity contribution in [3.05, 3.63) is 48.4 Å². The van der Waals surface area contributed by atoms with Gasteiger partial charge in [0, 0.05) is 29.7 Å². The fourth-order valence-corrected chi connectivity index (χ4v) is 2.32. The summed E-state index contributed by atoms with van der Waals surface area (Å²) in [7, 11) is 1.42. The van der Waals surface area contributed by atoms with E-state index in [0.717, 1.165) is 0 Å². The molecule has 2 aromatic rings. The molecule has 0 amide bonds. The van der Waals surface area contributed by atoms with Crippen LogP contribution in [-0.4, -0.2) is 86.2 Å². The number of benzene rings is 2. The third-order valence-corrected chi connectivity index (χ3v) is 3.55. The summed E-state index contributed by atoms with van der Waals surface area (Å²) in [5.41, 5.74) is 0.585. The number of ketones is 1. The van der Waals surface area contributed by atoms with Crippen LogP contribution in [0.3, 0.4) is 0 Å². The molecule has 2 rings (SSSR count). The molecular formula is C18H20KO6. The summed E-state index contributed by atoms with van der Waals surface area (Å²) in [6.45, 7) is 3.68. The van der Waals surface area contributed by atoms with Crippen molar-refractivity contribution in [3.63, 3.8) is 0 Å². The van der Waals surface area contributed by atoms with Gasteiger partial charge in [-0.05, 0) is 31.5 Å². The third kappa shape index (κ3) is 5.62. The van der Waals surface area contributed by atoms with Crippen molar-refractivity contribution in [3.8, 4) is 28.7 Å². The predicted octanol–water partition coefficient (Wildman–Crippen LogP) is 2.19. The van der Waals surface area contributed by atoms with E-state index < -0.39 is 0 Å². The van der Waals surface area contributed by atoms with Gasteiger partial charge in [0.1, 0.15) is 17.2 Å². The molecule has 25 heavy (non-hydrogen) atoms. The fraction of sp³-hybridized carbons (Fsp3) is 0.222. The maximum absolute atomic E-state index is 12.2. The molecule has 3 N–H and O–H groups in total. The van der Waals surface area contributed by atoms with Gasteiger partial charge in [0.15, 0.2) is 17.3 Å². The number of ether oxygens (including phenoxy) is 2. The fourth-order valence-electron chi connectivity index (χ4n) is 2.32. The number of methoxy groups -OCH3 is 1. The van der Waals surface area contributed by atoms with Gasteiger partial charge in [-0.2, -0.15) is 0 Å². The summed E-state index contributed by atoms with van der Waals surface area (Å²) in [4.78, 5) is 12.2. The summed E-state index contributed by atoms with van der Waals surface area (Å²) in [6.07, 6.45) is 0.205. The van der Waals surface area contributed by atoms with Crippen LogP contribution in [0, 0.1) is 6.92 Å². The Bertz CT molecular complexity index is 721. The molecule has 0 atom stereocenters. The van der Waals surface area contributed by atoms with Gasteiger partial charge in [-0.15, -0.1) is 0 Å². The molecule has 0 saturated carbocycles. The Morgan fingerprint density at radius 2 is 1.72 bits per heavy atom. The number of phenols is 3. The van der Waals surface area contributed by atoms with Crippen LogP contribution in [0.15, 0.2) is 30.3 Å². The molecule has 0 unspecified atom stereocenters. The van der Waals surface area contributed by atoms with Crippen molar-refractivity contribution in [2.24, 2.45) is 0 Å². The minimum absolute atomic E-state index is 0. The second-order valence-electron chi connectivity index (χ2n) is 5.10. The Morgan fingerprint density at radius 1 is 1.08 bits per heavy atom. The normalized spacial score (nSPS) is 10.0. The first-order valence-corrected chi connectivity index (χ1v) is 7.33. The van der Waals surface area contributed by atoms with Crippen LogP contribution in [0.1, 0.15) is 22.3 Å². The summed E-state index contributed by atoms with van der Waals surface area (Å²) < 4.78 is 10.0. The van der Waals surface area contributed by atoms with Crippen molar-refractivity contribution >= 4 is 57.2 Å². The van der Waals surface area contributed by atoms with E-state index in [4.69, 9.17) is 9.47 Å². The SMILES string of the molecule is [CH2]COc1cc(O)c(CCC(=O)c2ccc(OC)c(O)c2)c(O)c1.[KH]. The van der Waals surface area contributed by atoms with Crippen LogP contribution in [0.5, 0.6) is 28.7 Å². The number of phenolic OH excluding ortho intramolecular Hbond substituents is 3. The maximum atomic E-state index is 12.2. The molecule has 0 aliphatic rings. The quantitative estimate of drug-likeness (QED) is 0.510. The average molecular weight is 371 g/mol. The number of carbonyl (C=O) groups excluding carboxylic acids is 1. The molecule has 0 aromatic heterocycles. The standard InChI is InChI=1S/C18H19O6.K.H/c1-3-24-12-9-15(20)13(16(21)10-12)5-6-14(19)11-4-7-18(23-2)17(22)8-11;;/h4,7-10,20-22H,1,3,5-6H2,2H3;;. The van der Waals surface area contributed by atoms with Crippen molar-refractivity contribution < 1.29 is 29.6 Å². The molecule has 6 nitrogen and oxygen atoms in total. The first-order valence-electron chi connectivity index (χ1n) is 7.33. The summed E-state index contributed by atoms with van der Waals surface area (Å²) in [5, 5.41) is 29.7. The Morgan fingerprint density at radius 3 is 2.24 bits per heavy atom.